The van der Waals surface area contributed by atoms with Crippen molar-refractivity contribution in [2.75, 3.05) is 11.5 Å². The Morgan fingerprint density at radius 1 is 1.14 bits per heavy atom. The molecule has 118 valence electrons. The van der Waals surface area contributed by atoms with Gasteiger partial charge in [-0.05, 0) is 23.1 Å². The Balaban J connectivity index is 2.51. The van der Waals surface area contributed by atoms with Crippen LogP contribution >= 0.6 is 0 Å². The smallest absolute Gasteiger partial charge is 0.255 e. The topological polar surface area (TPSA) is 151 Å². The Labute approximate surface area is 128 Å². The molecular weight excluding hydrogens is 304 g/mol. The molecule has 22 heavy (non-hydrogen) atoms. The van der Waals surface area contributed by atoms with E-state index < -0.39 is 10.0 Å². The second-order valence-corrected chi connectivity index (χ2v) is 6.74. The van der Waals surface area contributed by atoms with Crippen molar-refractivity contribution in [3.05, 3.63) is 35.2 Å². The molecule has 6 N–H and O–H groups in total. The van der Waals surface area contributed by atoms with Gasteiger partial charge in [-0.1, -0.05) is 13.8 Å². The van der Waals surface area contributed by atoms with Crippen LogP contribution in [0.25, 0.3) is 0 Å². The lowest BCUT2D eigenvalue weighted by Crippen LogP contribution is -2.15. The number of nitrogens with zero attached hydrogens (tertiary/aromatic N) is 3. The lowest BCUT2D eigenvalue weighted by Gasteiger charge is -2.14. The van der Waals surface area contributed by atoms with Crippen molar-refractivity contribution in [3.63, 3.8) is 0 Å². The highest BCUT2D eigenvalue weighted by Crippen LogP contribution is 2.24. The lowest BCUT2D eigenvalue weighted by atomic mass is 9.95. The highest BCUT2D eigenvalue weighted by Gasteiger charge is 2.16. The molecule has 0 unspecified atom stereocenters. The van der Waals surface area contributed by atoms with Crippen molar-refractivity contribution < 1.29 is 8.42 Å². The van der Waals surface area contributed by atoms with Crippen molar-refractivity contribution in [1.82, 2.24) is 15.0 Å². The Hall–Kier alpha value is -2.26. The molecule has 2 heterocycles. The highest BCUT2D eigenvalue weighted by atomic mass is 32.2. The third kappa shape index (κ3) is 3.49. The quantitative estimate of drug-likeness (QED) is 0.736. The van der Waals surface area contributed by atoms with Gasteiger partial charge in [-0.2, -0.15) is 4.98 Å². The summed E-state index contributed by atoms with van der Waals surface area (Å²) in [5.74, 6) is 0.509. The summed E-state index contributed by atoms with van der Waals surface area (Å²) >= 11 is 0. The molecule has 0 aliphatic carbocycles. The van der Waals surface area contributed by atoms with E-state index in [1.165, 1.54) is 18.5 Å². The van der Waals surface area contributed by atoms with Crippen LogP contribution in [0, 0.1) is 0 Å². The maximum Gasteiger partial charge on any atom is 0.255 e. The van der Waals surface area contributed by atoms with Crippen LogP contribution in [0.4, 0.5) is 11.8 Å². The van der Waals surface area contributed by atoms with E-state index in [1.807, 2.05) is 13.8 Å². The molecular formula is C13H18N6O2S. The number of pyridine rings is 1. The number of anilines is 2. The van der Waals surface area contributed by atoms with Crippen molar-refractivity contribution in [2.45, 2.75) is 31.2 Å². The summed E-state index contributed by atoms with van der Waals surface area (Å²) in [7, 11) is -3.87. The van der Waals surface area contributed by atoms with Crippen molar-refractivity contribution in [2.24, 2.45) is 5.14 Å². The van der Waals surface area contributed by atoms with Gasteiger partial charge in [0.15, 0.2) is 5.03 Å². The van der Waals surface area contributed by atoms with E-state index in [4.69, 9.17) is 16.6 Å². The number of hydrogen-bond acceptors (Lipinski definition) is 7. The van der Waals surface area contributed by atoms with Gasteiger partial charge in [-0.25, -0.2) is 23.5 Å². The molecule has 2 aromatic heterocycles. The molecule has 0 spiro atoms. The fourth-order valence-corrected chi connectivity index (χ4v) is 2.60. The molecule has 0 aromatic carbocycles. The average Bonchev–Trinajstić information content (AvgIpc) is 2.40. The van der Waals surface area contributed by atoms with Crippen LogP contribution in [-0.4, -0.2) is 23.4 Å². The zero-order valence-corrected chi connectivity index (χ0v) is 13.1. The second-order valence-electron chi connectivity index (χ2n) is 5.24. The first kappa shape index (κ1) is 16.1. The van der Waals surface area contributed by atoms with Gasteiger partial charge in [0.05, 0.1) is 0 Å². The summed E-state index contributed by atoms with van der Waals surface area (Å²) in [6.07, 6.45) is 3.41. The third-order valence-corrected chi connectivity index (χ3v) is 4.02. The maximum atomic E-state index is 11.5. The molecule has 0 bridgehead atoms. The fourth-order valence-electron chi connectivity index (χ4n) is 2.09. The largest absolute Gasteiger partial charge is 0.383 e. The summed E-state index contributed by atoms with van der Waals surface area (Å²) in [5.41, 5.74) is 13.6. The van der Waals surface area contributed by atoms with Crippen LogP contribution in [0.5, 0.6) is 0 Å². The Bertz CT molecular complexity index is 804. The summed E-state index contributed by atoms with van der Waals surface area (Å²) in [6, 6.07) is 1.46. The Morgan fingerprint density at radius 3 is 2.36 bits per heavy atom. The number of nitrogens with two attached hydrogens (primary N) is 3. The van der Waals surface area contributed by atoms with Gasteiger partial charge in [0, 0.05) is 24.4 Å². The first-order valence-corrected chi connectivity index (χ1v) is 8.11. The van der Waals surface area contributed by atoms with Crippen LogP contribution in [0.15, 0.2) is 23.5 Å². The zero-order chi connectivity index (χ0) is 16.5. The predicted octanol–water partition coefficient (Wildman–Crippen LogP) is 0.398. The second kappa shape index (κ2) is 5.85. The van der Waals surface area contributed by atoms with E-state index in [1.54, 1.807) is 0 Å². The third-order valence-electron chi connectivity index (χ3n) is 3.21. The number of sulfonamides is 1. The lowest BCUT2D eigenvalue weighted by molar-refractivity contribution is 0.593. The molecule has 8 nitrogen and oxygen atoms in total. The minimum absolute atomic E-state index is 0.0882. The van der Waals surface area contributed by atoms with Crippen LogP contribution in [0.2, 0.25) is 0 Å². The molecule has 2 rings (SSSR count). The van der Waals surface area contributed by atoms with E-state index >= 15 is 0 Å². The average molecular weight is 322 g/mol. The zero-order valence-electron chi connectivity index (χ0n) is 12.3. The van der Waals surface area contributed by atoms with Crippen LogP contribution in [0.1, 0.15) is 36.5 Å². The van der Waals surface area contributed by atoms with Crippen LogP contribution in [-0.2, 0) is 16.4 Å². The van der Waals surface area contributed by atoms with Gasteiger partial charge in [-0.3, -0.25) is 0 Å². The van der Waals surface area contributed by atoms with Crippen molar-refractivity contribution in [1.29, 1.82) is 0 Å². The molecule has 0 aliphatic rings. The van der Waals surface area contributed by atoms with Crippen LogP contribution in [0.3, 0.4) is 0 Å². The molecule has 0 atom stereocenters. The van der Waals surface area contributed by atoms with Gasteiger partial charge in [-0.15, -0.1) is 0 Å². The standard InChI is InChI=1S/C13H18N6O2S/c1-7(2)10-6-17-11(22(16,20)21)4-8(10)3-9-5-18-13(15)19-12(9)14/h4-7H,3H2,1-2H3,(H2,16,20,21)(H4,14,15,18,19). The van der Waals surface area contributed by atoms with Gasteiger partial charge >= 0.3 is 0 Å². The minimum atomic E-state index is -3.87. The number of nitrogen functional groups attached to an aromatic ring is 2. The first-order chi connectivity index (χ1) is 10.2. The molecule has 9 heteroatoms. The predicted molar refractivity (Wildman–Crippen MR) is 83.4 cm³/mol. The number of rotatable bonds is 4. The van der Waals surface area contributed by atoms with E-state index in [2.05, 4.69) is 15.0 Å². The normalized spacial score (nSPS) is 11.8. The summed E-state index contributed by atoms with van der Waals surface area (Å²) in [5, 5.41) is 4.96. The minimum Gasteiger partial charge on any atom is -0.383 e. The molecule has 0 radical (unpaired) electrons. The van der Waals surface area contributed by atoms with E-state index in [0.29, 0.717) is 12.0 Å². The van der Waals surface area contributed by atoms with Gasteiger partial charge in [0.25, 0.3) is 10.0 Å². The SMILES string of the molecule is CC(C)c1cnc(S(N)(=O)=O)cc1Cc1cnc(N)nc1N. The van der Waals surface area contributed by atoms with E-state index in [-0.39, 0.29) is 22.7 Å². The molecule has 0 fully saturated rings. The van der Waals surface area contributed by atoms with Gasteiger partial charge < -0.3 is 11.5 Å². The first-order valence-electron chi connectivity index (χ1n) is 6.57. The highest BCUT2D eigenvalue weighted by molar-refractivity contribution is 7.89. The van der Waals surface area contributed by atoms with E-state index in [0.717, 1.165) is 11.1 Å². The summed E-state index contributed by atoms with van der Waals surface area (Å²) < 4.78 is 23.0. The van der Waals surface area contributed by atoms with Crippen LogP contribution < -0.4 is 16.6 Å². The number of hydrogen-bond donors (Lipinski definition) is 3. The molecule has 2 aromatic rings. The maximum absolute atomic E-state index is 11.5. The molecule has 0 aliphatic heterocycles. The van der Waals surface area contributed by atoms with Crippen molar-refractivity contribution in [3.8, 4) is 0 Å². The number of aromatic nitrogens is 3. The van der Waals surface area contributed by atoms with Crippen molar-refractivity contribution >= 4 is 21.8 Å². The van der Waals surface area contributed by atoms with Gasteiger partial charge in [0.1, 0.15) is 5.82 Å². The Kier molecular flexibility index (Phi) is 4.29. The molecule has 0 saturated carbocycles. The van der Waals surface area contributed by atoms with E-state index in [9.17, 15) is 8.42 Å². The number of primary sulfonamides is 1. The summed E-state index contributed by atoms with van der Waals surface area (Å²) in [4.78, 5) is 11.7. The molecule has 0 saturated heterocycles. The fraction of sp³-hybridized carbons (Fsp3) is 0.308. The van der Waals surface area contributed by atoms with Gasteiger partial charge in [0.2, 0.25) is 5.95 Å². The Morgan fingerprint density at radius 2 is 1.82 bits per heavy atom. The molecule has 0 amide bonds. The summed E-state index contributed by atoms with van der Waals surface area (Å²) in [6.45, 7) is 3.97. The monoisotopic (exact) mass is 322 g/mol.